The molecule has 0 bridgehead atoms. The number of rotatable bonds is 8. The number of nitrogens with zero attached hydrogens (tertiary/aromatic N) is 1. The number of ether oxygens (including phenoxy) is 2. The van der Waals surface area contributed by atoms with E-state index in [0.717, 1.165) is 16.8 Å². The number of halogens is 1. The Bertz CT molecular complexity index is 1020. The second-order valence-electron chi connectivity index (χ2n) is 6.64. The number of para-hydroxylation sites is 1. The maximum Gasteiger partial charge on any atom is 0.329 e. The Hall–Kier alpha value is -3.40. The molecule has 0 saturated heterocycles. The number of aryl methyl sites for hydroxylation is 2. The number of amides is 3. The Morgan fingerprint density at radius 1 is 1.09 bits per heavy atom. The van der Waals surface area contributed by atoms with Gasteiger partial charge in [0.1, 0.15) is 0 Å². The monoisotopic (exact) mass is 504 g/mol. The maximum atomic E-state index is 12.4. The first kappa shape index (κ1) is 24.9. The van der Waals surface area contributed by atoms with Gasteiger partial charge in [0, 0.05) is 12.7 Å². The lowest BCUT2D eigenvalue weighted by Gasteiger charge is -2.15. The molecule has 2 aromatic carbocycles. The molecule has 32 heavy (non-hydrogen) atoms. The number of benzene rings is 2. The lowest BCUT2D eigenvalue weighted by molar-refractivity contribution is -0.138. The highest BCUT2D eigenvalue weighted by molar-refractivity contribution is 9.10. The smallest absolute Gasteiger partial charge is 0.329 e. The Morgan fingerprint density at radius 2 is 1.78 bits per heavy atom. The Balaban J connectivity index is 2.11. The molecule has 3 amide bonds. The van der Waals surface area contributed by atoms with E-state index in [1.54, 1.807) is 12.1 Å². The van der Waals surface area contributed by atoms with Crippen LogP contribution in [0.4, 0.5) is 5.69 Å². The van der Waals surface area contributed by atoms with Crippen LogP contribution in [0.25, 0.3) is 0 Å². The van der Waals surface area contributed by atoms with Crippen molar-refractivity contribution in [2.75, 3.05) is 25.6 Å². The van der Waals surface area contributed by atoms with Crippen molar-refractivity contribution in [2.45, 2.75) is 20.8 Å². The van der Waals surface area contributed by atoms with E-state index in [1.807, 2.05) is 39.0 Å². The third-order valence-corrected chi connectivity index (χ3v) is 4.83. The van der Waals surface area contributed by atoms with Crippen LogP contribution < -0.4 is 25.5 Å². The second kappa shape index (κ2) is 11.8. The van der Waals surface area contributed by atoms with Crippen LogP contribution in [0, 0.1) is 13.8 Å². The Labute approximate surface area is 194 Å². The summed E-state index contributed by atoms with van der Waals surface area (Å²) < 4.78 is 11.9. The molecule has 2 aromatic rings. The standard InChI is InChI=1S/C22H25BrN4O5/c1-5-31-17-10-15(11-25-27-22(30)21(29)24-4)9-16(23)20(17)32-12-18(28)26-19-13(2)7-6-8-14(19)3/h6-11H,5,12H2,1-4H3,(H,24,29)(H,26,28)(H,27,30)/b25-11-. The van der Waals surface area contributed by atoms with Crippen molar-refractivity contribution in [3.05, 3.63) is 51.5 Å². The van der Waals surface area contributed by atoms with Gasteiger partial charge in [-0.1, -0.05) is 18.2 Å². The highest BCUT2D eigenvalue weighted by atomic mass is 79.9. The summed E-state index contributed by atoms with van der Waals surface area (Å²) >= 11 is 3.41. The third kappa shape index (κ3) is 6.81. The summed E-state index contributed by atoms with van der Waals surface area (Å²) in [6, 6.07) is 9.09. The van der Waals surface area contributed by atoms with Crippen LogP contribution in [0.15, 0.2) is 39.9 Å². The van der Waals surface area contributed by atoms with Gasteiger partial charge in [0.2, 0.25) is 0 Å². The van der Waals surface area contributed by atoms with Crippen molar-refractivity contribution in [3.8, 4) is 11.5 Å². The summed E-state index contributed by atoms with van der Waals surface area (Å²) in [6.07, 6.45) is 1.35. The van der Waals surface area contributed by atoms with E-state index in [9.17, 15) is 14.4 Å². The van der Waals surface area contributed by atoms with E-state index in [1.165, 1.54) is 13.3 Å². The van der Waals surface area contributed by atoms with Crippen LogP contribution in [0.2, 0.25) is 0 Å². The van der Waals surface area contributed by atoms with E-state index >= 15 is 0 Å². The number of hydrogen-bond donors (Lipinski definition) is 3. The van der Waals surface area contributed by atoms with Crippen LogP contribution in [-0.4, -0.2) is 44.2 Å². The zero-order chi connectivity index (χ0) is 23.7. The Morgan fingerprint density at radius 3 is 2.41 bits per heavy atom. The van der Waals surface area contributed by atoms with Crippen molar-refractivity contribution >= 4 is 45.6 Å². The molecule has 0 radical (unpaired) electrons. The molecule has 0 saturated carbocycles. The first-order valence-corrected chi connectivity index (χ1v) is 10.6. The maximum absolute atomic E-state index is 12.4. The molecule has 0 spiro atoms. The molecule has 0 aliphatic carbocycles. The Kier molecular flexibility index (Phi) is 9.21. The number of carbonyl (C=O) groups is 3. The van der Waals surface area contributed by atoms with Crippen LogP contribution in [-0.2, 0) is 14.4 Å². The van der Waals surface area contributed by atoms with Crippen molar-refractivity contribution in [1.82, 2.24) is 10.7 Å². The van der Waals surface area contributed by atoms with Crippen LogP contribution >= 0.6 is 15.9 Å². The predicted octanol–water partition coefficient (Wildman–Crippen LogP) is 2.68. The van der Waals surface area contributed by atoms with Gasteiger partial charge in [0.25, 0.3) is 5.91 Å². The summed E-state index contributed by atoms with van der Waals surface area (Å²) in [5.74, 6) is -1.25. The van der Waals surface area contributed by atoms with Crippen LogP contribution in [0.1, 0.15) is 23.6 Å². The molecule has 10 heteroatoms. The van der Waals surface area contributed by atoms with E-state index in [2.05, 4.69) is 37.1 Å². The van der Waals surface area contributed by atoms with Gasteiger partial charge in [0.15, 0.2) is 18.1 Å². The molecule has 3 N–H and O–H groups in total. The number of anilines is 1. The van der Waals surface area contributed by atoms with Gasteiger partial charge in [-0.05, 0) is 65.5 Å². The van der Waals surface area contributed by atoms with Gasteiger partial charge < -0.3 is 20.1 Å². The normalized spacial score (nSPS) is 10.5. The lowest BCUT2D eigenvalue weighted by Crippen LogP contribution is -2.35. The molecule has 2 rings (SSSR count). The quantitative estimate of drug-likeness (QED) is 0.290. The van der Waals surface area contributed by atoms with Gasteiger partial charge in [0.05, 0.1) is 17.3 Å². The van der Waals surface area contributed by atoms with Crippen molar-refractivity contribution < 1.29 is 23.9 Å². The average molecular weight is 505 g/mol. The van der Waals surface area contributed by atoms with Crippen molar-refractivity contribution in [1.29, 1.82) is 0 Å². The average Bonchev–Trinajstić information content (AvgIpc) is 2.75. The minimum Gasteiger partial charge on any atom is -0.490 e. The molecule has 0 aliphatic heterocycles. The van der Waals surface area contributed by atoms with E-state index in [4.69, 9.17) is 9.47 Å². The molecular formula is C22H25BrN4O5. The van der Waals surface area contributed by atoms with E-state index in [-0.39, 0.29) is 12.5 Å². The zero-order valence-corrected chi connectivity index (χ0v) is 19.8. The summed E-state index contributed by atoms with van der Waals surface area (Å²) in [7, 11) is 1.35. The topological polar surface area (TPSA) is 118 Å². The van der Waals surface area contributed by atoms with Crippen molar-refractivity contribution in [3.63, 3.8) is 0 Å². The highest BCUT2D eigenvalue weighted by Crippen LogP contribution is 2.36. The number of carbonyl (C=O) groups excluding carboxylic acids is 3. The van der Waals surface area contributed by atoms with Gasteiger partial charge in [-0.15, -0.1) is 0 Å². The van der Waals surface area contributed by atoms with E-state index < -0.39 is 11.8 Å². The first-order chi connectivity index (χ1) is 15.3. The van der Waals surface area contributed by atoms with Crippen LogP contribution in [0.5, 0.6) is 11.5 Å². The minimum absolute atomic E-state index is 0.220. The van der Waals surface area contributed by atoms with Gasteiger partial charge >= 0.3 is 11.8 Å². The molecule has 0 fully saturated rings. The fourth-order valence-corrected chi connectivity index (χ4v) is 3.29. The number of likely N-dealkylation sites (N-methyl/N-ethyl adjacent to an activating group) is 1. The highest BCUT2D eigenvalue weighted by Gasteiger charge is 2.15. The molecule has 9 nitrogen and oxygen atoms in total. The molecule has 0 atom stereocenters. The fraction of sp³-hybridized carbons (Fsp3) is 0.273. The van der Waals surface area contributed by atoms with Gasteiger partial charge in [-0.3, -0.25) is 14.4 Å². The molecule has 0 aliphatic rings. The summed E-state index contributed by atoms with van der Waals surface area (Å²) in [4.78, 5) is 35.1. The third-order valence-electron chi connectivity index (χ3n) is 4.24. The summed E-state index contributed by atoms with van der Waals surface area (Å²) in [5.41, 5.74) is 5.37. The largest absolute Gasteiger partial charge is 0.490 e. The summed E-state index contributed by atoms with van der Waals surface area (Å²) in [6.45, 7) is 5.80. The minimum atomic E-state index is -0.886. The molecule has 0 unspecified atom stereocenters. The summed E-state index contributed by atoms with van der Waals surface area (Å²) in [5, 5.41) is 8.82. The first-order valence-electron chi connectivity index (χ1n) is 9.77. The zero-order valence-electron chi connectivity index (χ0n) is 18.2. The fourth-order valence-electron chi connectivity index (χ4n) is 2.72. The molecule has 0 aromatic heterocycles. The number of nitrogens with one attached hydrogen (secondary N) is 3. The van der Waals surface area contributed by atoms with Gasteiger partial charge in [-0.25, -0.2) is 5.43 Å². The number of hydrogen-bond acceptors (Lipinski definition) is 6. The van der Waals surface area contributed by atoms with Gasteiger partial charge in [-0.2, -0.15) is 5.10 Å². The van der Waals surface area contributed by atoms with E-state index in [0.29, 0.717) is 28.1 Å². The van der Waals surface area contributed by atoms with Crippen LogP contribution in [0.3, 0.4) is 0 Å². The second-order valence-corrected chi connectivity index (χ2v) is 7.50. The lowest BCUT2D eigenvalue weighted by atomic mass is 10.1. The molecule has 0 heterocycles. The molecular weight excluding hydrogens is 480 g/mol. The molecule has 170 valence electrons. The number of hydrazone groups is 1. The predicted molar refractivity (Wildman–Crippen MR) is 125 cm³/mol. The SMILES string of the molecule is CCOc1cc(/C=N\NC(=O)C(=O)NC)cc(Br)c1OCC(=O)Nc1c(C)cccc1C. The van der Waals surface area contributed by atoms with Crippen molar-refractivity contribution in [2.24, 2.45) is 5.10 Å².